The summed E-state index contributed by atoms with van der Waals surface area (Å²) < 4.78 is 0. The van der Waals surface area contributed by atoms with Crippen LogP contribution >= 0.6 is 0 Å². The molecule has 7 N–H and O–H groups in total. The topological polar surface area (TPSA) is 97.8 Å². The van der Waals surface area contributed by atoms with Crippen molar-refractivity contribution in [2.75, 3.05) is 5.12 Å². The number of hydrazine groups is 8. The van der Waals surface area contributed by atoms with E-state index in [2.05, 4.69) is 16.6 Å². The summed E-state index contributed by atoms with van der Waals surface area (Å²) in [6, 6.07) is 9.52. The van der Waals surface area contributed by atoms with Crippen molar-refractivity contribution in [2.24, 2.45) is 11.7 Å². The number of nitrogens with zero attached hydrogens (tertiary/aromatic N) is 3. The summed E-state index contributed by atoms with van der Waals surface area (Å²) in [5, 5.41) is 3.78. The van der Waals surface area contributed by atoms with Gasteiger partial charge in [0.25, 0.3) is 0 Å². The van der Waals surface area contributed by atoms with Crippen LogP contribution in [0, 0.1) is 0 Å². The Morgan fingerprint density at radius 3 is 2.00 bits per heavy atom. The number of rotatable bonds is 1. The number of nitrogens with one attached hydrogen (secondary N) is 3. The van der Waals surface area contributed by atoms with Crippen LogP contribution in [0.5, 0.6) is 0 Å². The lowest BCUT2D eigenvalue weighted by atomic mass is 10.3. The third-order valence-electron chi connectivity index (χ3n) is 1.65. The van der Waals surface area contributed by atoms with E-state index in [4.69, 9.17) is 11.7 Å². The van der Waals surface area contributed by atoms with E-state index in [1.165, 1.54) is 0 Å². The first-order valence-corrected chi connectivity index (χ1v) is 3.99. The maximum absolute atomic E-state index is 5.46. The molecule has 0 bridgehead atoms. The molecule has 1 fully saturated rings. The van der Waals surface area contributed by atoms with Gasteiger partial charge in [-0.3, -0.25) is 0 Å². The third kappa shape index (κ3) is 1.97. The molecule has 0 spiro atoms. The van der Waals surface area contributed by atoms with Gasteiger partial charge in [-0.2, -0.15) is 0 Å². The molecule has 0 saturated carbocycles. The van der Waals surface area contributed by atoms with Gasteiger partial charge in [0.05, 0.1) is 5.69 Å². The second-order valence-electron chi connectivity index (χ2n) is 2.71. The van der Waals surface area contributed by atoms with Crippen LogP contribution in [0.25, 0.3) is 0 Å². The van der Waals surface area contributed by atoms with Crippen molar-refractivity contribution in [3.8, 4) is 0 Å². The molecule has 0 radical (unpaired) electrons. The number of nitrogens with two attached hydrogens (primary N) is 2. The van der Waals surface area contributed by atoms with Crippen LogP contribution in [0.4, 0.5) is 5.69 Å². The van der Waals surface area contributed by atoms with Gasteiger partial charge < -0.3 is 0 Å². The molecule has 1 aliphatic rings. The molecule has 0 unspecified atom stereocenters. The fourth-order valence-electron chi connectivity index (χ4n) is 1.09. The van der Waals surface area contributed by atoms with Gasteiger partial charge in [-0.1, -0.05) is 28.7 Å². The molecule has 0 aromatic heterocycles. The average Bonchev–Trinajstić information content (AvgIpc) is 2.18. The quantitative estimate of drug-likeness (QED) is 0.333. The largest absolute Gasteiger partial charge is 0.238 e. The van der Waals surface area contributed by atoms with E-state index in [9.17, 15) is 0 Å². The summed E-state index contributed by atoms with van der Waals surface area (Å²) >= 11 is 0. The Balaban J connectivity index is 2.11. The molecule has 0 atom stereocenters. The van der Waals surface area contributed by atoms with E-state index in [0.29, 0.717) is 0 Å². The highest BCUT2D eigenvalue weighted by Crippen LogP contribution is 2.08. The average molecular weight is 196 g/mol. The maximum Gasteiger partial charge on any atom is 0.0732 e. The first kappa shape index (κ1) is 9.30. The summed E-state index contributed by atoms with van der Waals surface area (Å²) in [5.74, 6) is 10.9. The molecular formula is C6H12N8. The molecule has 0 aliphatic carbocycles. The van der Waals surface area contributed by atoms with Crippen molar-refractivity contribution in [3.63, 3.8) is 0 Å². The van der Waals surface area contributed by atoms with E-state index < -0.39 is 0 Å². The Labute approximate surface area is 80.8 Å². The Morgan fingerprint density at radius 2 is 1.43 bits per heavy atom. The molecule has 76 valence electrons. The number of para-hydroxylation sites is 1. The number of benzene rings is 1. The third-order valence-corrected chi connectivity index (χ3v) is 1.65. The van der Waals surface area contributed by atoms with Crippen molar-refractivity contribution in [3.05, 3.63) is 30.3 Å². The SMILES string of the molecule is NN1NN(N)NN(c2ccccc2)N1. The second-order valence-corrected chi connectivity index (χ2v) is 2.71. The van der Waals surface area contributed by atoms with Crippen LogP contribution in [-0.2, 0) is 0 Å². The van der Waals surface area contributed by atoms with Crippen LogP contribution in [-0.4, -0.2) is 10.5 Å². The minimum absolute atomic E-state index is 0.875. The molecule has 8 heteroatoms. The number of anilines is 1. The summed E-state index contributed by atoms with van der Waals surface area (Å²) in [7, 11) is 0. The van der Waals surface area contributed by atoms with Crippen molar-refractivity contribution in [1.82, 2.24) is 27.1 Å². The lowest BCUT2D eigenvalue weighted by Gasteiger charge is -2.39. The summed E-state index contributed by atoms with van der Waals surface area (Å²) in [5.41, 5.74) is 8.94. The molecular weight excluding hydrogens is 184 g/mol. The normalized spacial score (nSPS) is 20.0. The van der Waals surface area contributed by atoms with Crippen LogP contribution < -0.4 is 33.4 Å². The van der Waals surface area contributed by atoms with Gasteiger partial charge in [-0.25, -0.2) is 16.8 Å². The highest BCUT2D eigenvalue weighted by Gasteiger charge is 2.17. The first-order valence-electron chi connectivity index (χ1n) is 3.99. The van der Waals surface area contributed by atoms with Crippen molar-refractivity contribution in [2.45, 2.75) is 0 Å². The standard InChI is InChI=1S/C6H12N8/c7-13-9-12(10-14(8)11-13)6-4-2-1-3-5-6/h1-5,9-11H,7-8H2. The van der Waals surface area contributed by atoms with Crippen LogP contribution in [0.1, 0.15) is 0 Å². The number of hydrogen-bond donors (Lipinski definition) is 5. The lowest BCUT2D eigenvalue weighted by molar-refractivity contribution is -0.109. The maximum atomic E-state index is 5.46. The molecule has 2 rings (SSSR count). The van der Waals surface area contributed by atoms with Crippen LogP contribution in [0.3, 0.4) is 0 Å². The molecule has 8 nitrogen and oxygen atoms in total. The molecule has 1 saturated heterocycles. The fraction of sp³-hybridized carbons (Fsp3) is 0. The van der Waals surface area contributed by atoms with Gasteiger partial charge in [0, 0.05) is 0 Å². The van der Waals surface area contributed by atoms with Crippen LogP contribution in [0.15, 0.2) is 30.3 Å². The Morgan fingerprint density at radius 1 is 0.857 bits per heavy atom. The lowest BCUT2D eigenvalue weighted by Crippen LogP contribution is -2.78. The summed E-state index contributed by atoms with van der Waals surface area (Å²) in [6.45, 7) is 0. The van der Waals surface area contributed by atoms with Gasteiger partial charge in [0.1, 0.15) is 0 Å². The first-order chi connectivity index (χ1) is 6.75. The Bertz CT molecular complexity index is 279. The molecule has 1 heterocycles. The van der Waals surface area contributed by atoms with Gasteiger partial charge in [0.2, 0.25) is 0 Å². The molecule has 1 aromatic rings. The van der Waals surface area contributed by atoms with E-state index in [-0.39, 0.29) is 0 Å². The fourth-order valence-corrected chi connectivity index (χ4v) is 1.09. The highest BCUT2D eigenvalue weighted by atomic mass is 16.2. The monoisotopic (exact) mass is 196 g/mol. The van der Waals surface area contributed by atoms with E-state index in [1.54, 1.807) is 5.12 Å². The molecule has 0 amide bonds. The van der Waals surface area contributed by atoms with Crippen molar-refractivity contribution >= 4 is 5.69 Å². The van der Waals surface area contributed by atoms with E-state index in [1.807, 2.05) is 30.3 Å². The zero-order chi connectivity index (χ0) is 9.97. The van der Waals surface area contributed by atoms with Crippen molar-refractivity contribution in [1.29, 1.82) is 0 Å². The summed E-state index contributed by atoms with van der Waals surface area (Å²) in [6.07, 6.45) is 0. The number of hydrogen-bond acceptors (Lipinski definition) is 8. The molecule has 1 aromatic carbocycles. The Hall–Kier alpha value is -1.26. The van der Waals surface area contributed by atoms with E-state index in [0.717, 1.165) is 16.1 Å². The van der Waals surface area contributed by atoms with Gasteiger partial charge >= 0.3 is 0 Å². The van der Waals surface area contributed by atoms with Gasteiger partial charge in [-0.05, 0) is 12.1 Å². The van der Waals surface area contributed by atoms with E-state index >= 15 is 0 Å². The van der Waals surface area contributed by atoms with Gasteiger partial charge in [0.15, 0.2) is 0 Å². The van der Waals surface area contributed by atoms with Crippen LogP contribution in [0.2, 0.25) is 0 Å². The summed E-state index contributed by atoms with van der Waals surface area (Å²) in [4.78, 5) is 0. The zero-order valence-corrected chi connectivity index (χ0v) is 7.38. The van der Waals surface area contributed by atoms with Crippen molar-refractivity contribution < 1.29 is 0 Å². The predicted octanol–water partition coefficient (Wildman–Crippen LogP) is -1.88. The Kier molecular flexibility index (Phi) is 2.56. The minimum atomic E-state index is 0.875. The molecule has 14 heavy (non-hydrogen) atoms. The second kappa shape index (κ2) is 3.86. The van der Waals surface area contributed by atoms with Gasteiger partial charge in [-0.15, -0.1) is 16.6 Å². The minimum Gasteiger partial charge on any atom is -0.238 e. The molecule has 1 aliphatic heterocycles. The highest BCUT2D eigenvalue weighted by molar-refractivity contribution is 5.43. The smallest absolute Gasteiger partial charge is 0.0732 e. The predicted molar refractivity (Wildman–Crippen MR) is 50.4 cm³/mol. The zero-order valence-electron chi connectivity index (χ0n) is 7.38.